The van der Waals surface area contributed by atoms with Gasteiger partial charge in [0.15, 0.2) is 0 Å². The van der Waals surface area contributed by atoms with Crippen molar-refractivity contribution in [2.24, 2.45) is 10.2 Å². The Morgan fingerprint density at radius 3 is 1.66 bits per heavy atom. The number of carbonyl (C=O) groups excluding carboxylic acids is 3. The van der Waals surface area contributed by atoms with Crippen molar-refractivity contribution in [3.63, 3.8) is 0 Å². The SMILES string of the molecule is COC(=O)c1cc(C=NNC(=O)c2cccc(Br)c2)c(O)c(C=NNC(=O)c2cccc(Br)c2)c1. The van der Waals surface area contributed by atoms with E-state index in [4.69, 9.17) is 4.74 Å². The first-order valence-corrected chi connectivity index (χ1v) is 11.5. The fraction of sp³-hybridized carbons (Fsp3) is 0.0417. The Morgan fingerprint density at radius 1 is 0.800 bits per heavy atom. The minimum atomic E-state index is -0.661. The predicted octanol–water partition coefficient (Wildman–Crippen LogP) is 4.23. The Labute approximate surface area is 217 Å². The molecule has 0 bridgehead atoms. The molecule has 3 N–H and O–H groups in total. The van der Waals surface area contributed by atoms with Crippen LogP contribution in [0.3, 0.4) is 0 Å². The first kappa shape index (κ1) is 25.8. The minimum Gasteiger partial charge on any atom is -0.507 e. The molecule has 0 aliphatic carbocycles. The van der Waals surface area contributed by atoms with Gasteiger partial charge < -0.3 is 9.84 Å². The molecule has 0 heterocycles. The fourth-order valence-electron chi connectivity index (χ4n) is 2.82. The van der Waals surface area contributed by atoms with Crippen LogP contribution in [0.5, 0.6) is 5.75 Å². The maximum absolute atomic E-state index is 12.3. The van der Waals surface area contributed by atoms with Crippen molar-refractivity contribution in [2.75, 3.05) is 7.11 Å². The summed E-state index contributed by atoms with van der Waals surface area (Å²) in [5.41, 5.74) is 5.78. The first-order valence-electron chi connectivity index (χ1n) is 9.91. The molecule has 9 nitrogen and oxygen atoms in total. The molecule has 178 valence electrons. The maximum atomic E-state index is 12.3. The monoisotopic (exact) mass is 600 g/mol. The number of phenols is 1. The molecule has 0 unspecified atom stereocenters. The average molecular weight is 602 g/mol. The lowest BCUT2D eigenvalue weighted by Crippen LogP contribution is -2.18. The molecule has 0 saturated carbocycles. The molecule has 3 aromatic carbocycles. The number of nitrogens with one attached hydrogen (secondary N) is 2. The molecule has 0 fully saturated rings. The number of phenolic OH excluding ortho intramolecular Hbond substituents is 1. The molecule has 0 radical (unpaired) electrons. The number of ether oxygens (including phenoxy) is 1. The van der Waals surface area contributed by atoms with Crippen molar-refractivity contribution >= 4 is 62.1 Å². The van der Waals surface area contributed by atoms with Gasteiger partial charge in [0.25, 0.3) is 11.8 Å². The van der Waals surface area contributed by atoms with Gasteiger partial charge in [-0.15, -0.1) is 0 Å². The highest BCUT2D eigenvalue weighted by Gasteiger charge is 2.14. The number of aromatic hydroxyl groups is 1. The number of benzene rings is 3. The number of carbonyl (C=O) groups is 3. The van der Waals surface area contributed by atoms with Gasteiger partial charge in [0.2, 0.25) is 0 Å². The van der Waals surface area contributed by atoms with Crippen LogP contribution in [-0.2, 0) is 4.74 Å². The zero-order chi connectivity index (χ0) is 25.4. The van der Waals surface area contributed by atoms with E-state index in [1.807, 2.05) is 0 Å². The molecule has 0 atom stereocenters. The number of methoxy groups -OCH3 is 1. The predicted molar refractivity (Wildman–Crippen MR) is 138 cm³/mol. The highest BCUT2D eigenvalue weighted by Crippen LogP contribution is 2.23. The van der Waals surface area contributed by atoms with Crippen molar-refractivity contribution in [1.82, 2.24) is 10.9 Å². The van der Waals surface area contributed by atoms with Gasteiger partial charge in [-0.05, 0) is 48.5 Å². The van der Waals surface area contributed by atoms with Gasteiger partial charge in [-0.25, -0.2) is 15.6 Å². The molecule has 11 heteroatoms. The third kappa shape index (κ3) is 7.08. The van der Waals surface area contributed by atoms with Crippen molar-refractivity contribution in [1.29, 1.82) is 0 Å². The third-order valence-electron chi connectivity index (χ3n) is 4.50. The molecule has 0 aromatic heterocycles. The number of halogens is 2. The van der Waals surface area contributed by atoms with E-state index in [1.165, 1.54) is 31.7 Å². The highest BCUT2D eigenvalue weighted by atomic mass is 79.9. The third-order valence-corrected chi connectivity index (χ3v) is 5.49. The molecular weight excluding hydrogens is 584 g/mol. The van der Waals surface area contributed by atoms with E-state index in [-0.39, 0.29) is 22.4 Å². The van der Waals surface area contributed by atoms with Crippen molar-refractivity contribution in [2.45, 2.75) is 0 Å². The van der Waals surface area contributed by atoms with Gasteiger partial charge in [-0.1, -0.05) is 44.0 Å². The van der Waals surface area contributed by atoms with Crippen molar-refractivity contribution in [3.05, 3.63) is 97.4 Å². The van der Waals surface area contributed by atoms with E-state index in [0.717, 1.165) is 8.95 Å². The van der Waals surface area contributed by atoms with Crippen molar-refractivity contribution < 1.29 is 24.2 Å². The van der Waals surface area contributed by atoms with Gasteiger partial charge in [0.05, 0.1) is 25.1 Å². The van der Waals surface area contributed by atoms with E-state index < -0.39 is 17.8 Å². The molecule has 35 heavy (non-hydrogen) atoms. The second kappa shape index (κ2) is 12.0. The lowest BCUT2D eigenvalue weighted by molar-refractivity contribution is 0.0600. The second-order valence-electron chi connectivity index (χ2n) is 6.91. The number of amides is 2. The molecule has 0 saturated heterocycles. The summed E-state index contributed by atoms with van der Waals surface area (Å²) in [4.78, 5) is 36.6. The van der Waals surface area contributed by atoms with Gasteiger partial charge in [0.1, 0.15) is 5.75 Å². The summed E-state index contributed by atoms with van der Waals surface area (Å²) >= 11 is 6.58. The zero-order valence-corrected chi connectivity index (χ0v) is 21.3. The van der Waals surface area contributed by atoms with Crippen LogP contribution in [0, 0.1) is 0 Å². The summed E-state index contributed by atoms with van der Waals surface area (Å²) in [6.45, 7) is 0. The van der Waals surface area contributed by atoms with Gasteiger partial charge >= 0.3 is 5.97 Å². The Bertz CT molecular complexity index is 1250. The molecule has 3 rings (SSSR count). The Morgan fingerprint density at radius 2 is 1.26 bits per heavy atom. The van der Waals surface area contributed by atoms with E-state index in [2.05, 4.69) is 52.9 Å². The normalized spacial score (nSPS) is 10.9. The lowest BCUT2D eigenvalue weighted by atomic mass is 10.0. The van der Waals surface area contributed by atoms with Crippen LogP contribution >= 0.6 is 31.9 Å². The standard InChI is InChI=1S/C24H18Br2N4O5/c1-35-24(34)16-8-17(12-27-29-22(32)14-4-2-6-19(25)10-14)21(31)18(9-16)13-28-30-23(33)15-5-3-7-20(26)11-15/h2-13,31H,1H3,(H,29,32)(H,30,33). The van der Waals surface area contributed by atoms with Crippen LogP contribution in [0.2, 0.25) is 0 Å². The number of nitrogens with zero attached hydrogens (tertiary/aromatic N) is 2. The van der Waals surface area contributed by atoms with Crippen LogP contribution < -0.4 is 10.9 Å². The molecule has 3 aromatic rings. The number of hydrogen-bond acceptors (Lipinski definition) is 7. The molecule has 0 aliphatic rings. The summed E-state index contributed by atoms with van der Waals surface area (Å²) in [5.74, 6) is -1.88. The summed E-state index contributed by atoms with van der Waals surface area (Å²) < 4.78 is 6.21. The molecular formula is C24H18Br2N4O5. The van der Waals surface area contributed by atoms with E-state index in [9.17, 15) is 19.5 Å². The van der Waals surface area contributed by atoms with E-state index in [0.29, 0.717) is 11.1 Å². The second-order valence-corrected chi connectivity index (χ2v) is 8.75. The number of esters is 1. The topological polar surface area (TPSA) is 129 Å². The summed E-state index contributed by atoms with van der Waals surface area (Å²) in [6, 6.07) is 16.1. The number of rotatable bonds is 7. The smallest absolute Gasteiger partial charge is 0.337 e. The van der Waals surface area contributed by atoms with Crippen LogP contribution in [0.4, 0.5) is 0 Å². The largest absolute Gasteiger partial charge is 0.507 e. The Kier molecular flexibility index (Phi) is 8.87. The highest BCUT2D eigenvalue weighted by molar-refractivity contribution is 9.10. The van der Waals surface area contributed by atoms with E-state index >= 15 is 0 Å². The van der Waals surface area contributed by atoms with E-state index in [1.54, 1.807) is 48.5 Å². The van der Waals surface area contributed by atoms with Gasteiger partial charge in [0, 0.05) is 31.2 Å². The lowest BCUT2D eigenvalue weighted by Gasteiger charge is -2.07. The molecule has 0 aliphatic heterocycles. The van der Waals surface area contributed by atoms with Crippen LogP contribution in [-0.4, -0.2) is 42.4 Å². The van der Waals surface area contributed by atoms with Crippen LogP contribution in [0.15, 0.2) is 79.8 Å². The number of hydrogen-bond donors (Lipinski definition) is 3. The summed E-state index contributed by atoms with van der Waals surface area (Å²) in [7, 11) is 1.22. The summed E-state index contributed by atoms with van der Waals surface area (Å²) in [5, 5.41) is 18.4. The fourth-order valence-corrected chi connectivity index (χ4v) is 3.62. The molecule has 0 spiro atoms. The van der Waals surface area contributed by atoms with Crippen molar-refractivity contribution in [3.8, 4) is 5.75 Å². The minimum absolute atomic E-state index is 0.102. The van der Waals surface area contributed by atoms with Crippen LogP contribution in [0.1, 0.15) is 42.2 Å². The maximum Gasteiger partial charge on any atom is 0.337 e. The summed E-state index contributed by atoms with van der Waals surface area (Å²) in [6.07, 6.45) is 2.35. The number of hydrazone groups is 2. The molecule has 2 amide bonds. The first-order chi connectivity index (χ1) is 16.8. The van der Waals surface area contributed by atoms with Gasteiger partial charge in [-0.2, -0.15) is 10.2 Å². The Hall–Kier alpha value is -3.83. The zero-order valence-electron chi connectivity index (χ0n) is 18.2. The Balaban J connectivity index is 1.81. The quantitative estimate of drug-likeness (QED) is 0.212. The van der Waals surface area contributed by atoms with Gasteiger partial charge in [-0.3, -0.25) is 9.59 Å². The van der Waals surface area contributed by atoms with Crippen LogP contribution in [0.25, 0.3) is 0 Å². The average Bonchev–Trinajstić information content (AvgIpc) is 2.85.